The van der Waals surface area contributed by atoms with Gasteiger partial charge in [-0.15, -0.1) is 0 Å². The van der Waals surface area contributed by atoms with E-state index in [-0.39, 0.29) is 17.7 Å². The summed E-state index contributed by atoms with van der Waals surface area (Å²) in [6.07, 6.45) is 5.36. The molecule has 6 heteroatoms. The largest absolute Gasteiger partial charge is 0.339 e. The minimum Gasteiger partial charge on any atom is -0.339 e. The number of benzene rings is 1. The van der Waals surface area contributed by atoms with Gasteiger partial charge in [-0.1, -0.05) is 12.1 Å². The van der Waals surface area contributed by atoms with Crippen LogP contribution in [-0.2, 0) is 16.1 Å². The van der Waals surface area contributed by atoms with Crippen molar-refractivity contribution in [3.05, 3.63) is 35.4 Å². The van der Waals surface area contributed by atoms with E-state index >= 15 is 0 Å². The number of hydrogen-bond acceptors (Lipinski definition) is 4. The number of likely N-dealkylation sites (tertiary alicyclic amines) is 2. The number of rotatable bonds is 6. The van der Waals surface area contributed by atoms with Crippen LogP contribution in [0.3, 0.4) is 0 Å². The first-order valence-corrected chi connectivity index (χ1v) is 10.0. The summed E-state index contributed by atoms with van der Waals surface area (Å²) in [5.41, 5.74) is 1.54. The molecule has 1 saturated carbocycles. The Balaban J connectivity index is 1.28. The maximum Gasteiger partial charge on any atom is 0.253 e. The normalized spacial score (nSPS) is 21.2. The van der Waals surface area contributed by atoms with Crippen molar-refractivity contribution in [3.8, 4) is 0 Å². The number of amides is 3. The fourth-order valence-electron chi connectivity index (χ4n) is 3.86. The van der Waals surface area contributed by atoms with Gasteiger partial charge in [0, 0.05) is 37.5 Å². The van der Waals surface area contributed by atoms with Gasteiger partial charge in [-0.05, 0) is 55.8 Å². The highest BCUT2D eigenvalue weighted by molar-refractivity contribution is 6.01. The Bertz CT molecular complexity index is 703. The molecule has 1 N–H and O–H groups in total. The van der Waals surface area contributed by atoms with Crippen LogP contribution >= 0.6 is 0 Å². The second-order valence-electron chi connectivity index (χ2n) is 7.99. The monoisotopic (exact) mass is 369 g/mol. The van der Waals surface area contributed by atoms with Crippen LogP contribution in [0.2, 0.25) is 0 Å². The minimum atomic E-state index is -0.113. The fourth-order valence-corrected chi connectivity index (χ4v) is 3.86. The van der Waals surface area contributed by atoms with E-state index in [2.05, 4.69) is 5.32 Å². The maximum absolute atomic E-state index is 12.7. The van der Waals surface area contributed by atoms with Gasteiger partial charge in [-0.3, -0.25) is 19.3 Å². The first kappa shape index (κ1) is 18.2. The molecule has 0 aromatic heterocycles. The van der Waals surface area contributed by atoms with Gasteiger partial charge in [0.25, 0.3) is 5.91 Å². The quantitative estimate of drug-likeness (QED) is 0.778. The van der Waals surface area contributed by atoms with E-state index in [0.717, 1.165) is 44.0 Å². The van der Waals surface area contributed by atoms with E-state index in [4.69, 9.17) is 0 Å². The molecule has 0 atom stereocenters. The molecule has 27 heavy (non-hydrogen) atoms. The zero-order valence-electron chi connectivity index (χ0n) is 15.7. The van der Waals surface area contributed by atoms with E-state index in [1.165, 1.54) is 17.7 Å². The van der Waals surface area contributed by atoms with Crippen LogP contribution in [0.25, 0.3) is 0 Å². The molecule has 2 aliphatic heterocycles. The Kier molecular flexibility index (Phi) is 5.25. The highest BCUT2D eigenvalue weighted by atomic mass is 16.2. The Labute approximate surface area is 159 Å². The molecule has 4 rings (SSSR count). The third-order valence-corrected chi connectivity index (χ3v) is 5.87. The summed E-state index contributed by atoms with van der Waals surface area (Å²) in [6, 6.07) is 7.83. The average molecular weight is 369 g/mol. The minimum absolute atomic E-state index is 0.0653. The highest BCUT2D eigenvalue weighted by Crippen LogP contribution is 2.28. The van der Waals surface area contributed by atoms with Crippen LogP contribution in [0.4, 0.5) is 0 Å². The maximum atomic E-state index is 12.7. The molecule has 3 fully saturated rings. The number of piperidine rings is 1. The lowest BCUT2D eigenvalue weighted by Gasteiger charge is -2.32. The smallest absolute Gasteiger partial charge is 0.253 e. The predicted octanol–water partition coefficient (Wildman–Crippen LogP) is 1.94. The predicted molar refractivity (Wildman–Crippen MR) is 101 cm³/mol. The molecule has 1 aromatic rings. The summed E-state index contributed by atoms with van der Waals surface area (Å²) in [5, 5.41) is 3.63. The van der Waals surface area contributed by atoms with Crippen LogP contribution in [0.5, 0.6) is 0 Å². The van der Waals surface area contributed by atoms with E-state index in [0.29, 0.717) is 31.0 Å². The lowest BCUT2D eigenvalue weighted by molar-refractivity contribution is -0.139. The molecule has 0 radical (unpaired) electrons. The van der Waals surface area contributed by atoms with E-state index in [9.17, 15) is 14.4 Å². The van der Waals surface area contributed by atoms with Crippen LogP contribution in [0.15, 0.2) is 24.3 Å². The molecule has 2 saturated heterocycles. The molecule has 1 aliphatic carbocycles. The lowest BCUT2D eigenvalue weighted by atomic mass is 10.0. The number of carbonyl (C=O) groups excluding carboxylic acids is 3. The van der Waals surface area contributed by atoms with E-state index < -0.39 is 0 Å². The van der Waals surface area contributed by atoms with Crippen LogP contribution in [0.1, 0.15) is 54.4 Å². The molecular weight excluding hydrogens is 342 g/mol. The van der Waals surface area contributed by atoms with Crippen molar-refractivity contribution in [2.24, 2.45) is 5.92 Å². The lowest BCUT2D eigenvalue weighted by Crippen LogP contribution is -2.45. The third kappa shape index (κ3) is 4.38. The molecule has 1 aromatic carbocycles. The molecule has 3 amide bonds. The summed E-state index contributed by atoms with van der Waals surface area (Å²) < 4.78 is 0. The zero-order valence-corrected chi connectivity index (χ0v) is 15.7. The first-order valence-electron chi connectivity index (χ1n) is 10.0. The second-order valence-corrected chi connectivity index (χ2v) is 7.99. The van der Waals surface area contributed by atoms with Crippen molar-refractivity contribution in [2.75, 3.05) is 19.6 Å². The molecular formula is C21H27N3O3. The number of imide groups is 1. The summed E-state index contributed by atoms with van der Waals surface area (Å²) in [6.45, 7) is 3.01. The van der Waals surface area contributed by atoms with Crippen molar-refractivity contribution >= 4 is 17.7 Å². The number of carbonyl (C=O) groups is 3. The Hall–Kier alpha value is -2.21. The highest BCUT2D eigenvalue weighted by Gasteiger charge is 2.29. The molecule has 2 heterocycles. The Morgan fingerprint density at radius 1 is 0.963 bits per heavy atom. The van der Waals surface area contributed by atoms with Crippen LogP contribution in [-0.4, -0.2) is 53.2 Å². The Morgan fingerprint density at radius 2 is 1.59 bits per heavy atom. The summed E-state index contributed by atoms with van der Waals surface area (Å²) in [4.78, 5) is 39.4. The molecule has 0 spiro atoms. The topological polar surface area (TPSA) is 69.7 Å². The Morgan fingerprint density at radius 3 is 2.19 bits per heavy atom. The number of nitrogens with one attached hydrogen (secondary N) is 1. The standard InChI is InChI=1S/C21H27N3O3/c25-19-7-8-20(26)24(19)14-16-3-5-17(6-4-16)21(27)23-11-9-18(10-12-23)22-13-15-1-2-15/h3-6,15,18,22H,1-2,7-14H2. The van der Waals surface area contributed by atoms with Crippen molar-refractivity contribution in [3.63, 3.8) is 0 Å². The number of nitrogens with zero attached hydrogens (tertiary/aromatic N) is 2. The van der Waals surface area contributed by atoms with Crippen molar-refractivity contribution < 1.29 is 14.4 Å². The van der Waals surface area contributed by atoms with Gasteiger partial charge >= 0.3 is 0 Å². The molecule has 6 nitrogen and oxygen atoms in total. The van der Waals surface area contributed by atoms with E-state index in [1.807, 2.05) is 17.0 Å². The molecule has 144 valence electrons. The van der Waals surface area contributed by atoms with Gasteiger partial charge in [0.1, 0.15) is 0 Å². The van der Waals surface area contributed by atoms with Gasteiger partial charge in [0.15, 0.2) is 0 Å². The molecule has 0 bridgehead atoms. The van der Waals surface area contributed by atoms with E-state index in [1.54, 1.807) is 12.1 Å². The zero-order chi connectivity index (χ0) is 18.8. The fraction of sp³-hybridized carbons (Fsp3) is 0.571. The first-order chi connectivity index (χ1) is 13.1. The van der Waals surface area contributed by atoms with Gasteiger partial charge in [0.2, 0.25) is 11.8 Å². The van der Waals surface area contributed by atoms with Crippen molar-refractivity contribution in [1.29, 1.82) is 0 Å². The number of hydrogen-bond donors (Lipinski definition) is 1. The summed E-state index contributed by atoms with van der Waals surface area (Å²) >= 11 is 0. The average Bonchev–Trinajstić information content (AvgIpc) is 3.48. The van der Waals surface area contributed by atoms with Gasteiger partial charge in [-0.25, -0.2) is 0 Å². The van der Waals surface area contributed by atoms with Crippen molar-refractivity contribution in [2.45, 2.75) is 51.1 Å². The van der Waals surface area contributed by atoms with Gasteiger partial charge < -0.3 is 10.2 Å². The summed E-state index contributed by atoms with van der Waals surface area (Å²) in [5.74, 6) is 0.724. The molecule has 3 aliphatic rings. The SMILES string of the molecule is O=C(c1ccc(CN2C(=O)CCC2=O)cc1)N1CCC(NCC2CC2)CC1. The van der Waals surface area contributed by atoms with Gasteiger partial charge in [-0.2, -0.15) is 0 Å². The second kappa shape index (κ2) is 7.80. The van der Waals surface area contributed by atoms with Gasteiger partial charge in [0.05, 0.1) is 6.54 Å². The third-order valence-electron chi connectivity index (χ3n) is 5.87. The molecule has 0 unspecified atom stereocenters. The summed E-state index contributed by atoms with van der Waals surface area (Å²) in [7, 11) is 0. The van der Waals surface area contributed by atoms with Crippen molar-refractivity contribution in [1.82, 2.24) is 15.1 Å². The van der Waals surface area contributed by atoms with Crippen LogP contribution in [0, 0.1) is 5.92 Å². The van der Waals surface area contributed by atoms with Crippen LogP contribution < -0.4 is 5.32 Å².